The Kier molecular flexibility index (Phi) is 5.90. The number of methoxy groups -OCH3 is 1. The molecule has 0 N–H and O–H groups in total. The normalized spacial score (nSPS) is 23.7. The molecule has 1 spiro atoms. The molecule has 7 nitrogen and oxygen atoms in total. The molecule has 3 fully saturated rings. The molecule has 3 aliphatic rings. The maximum Gasteiger partial charge on any atom is 0.410 e. The van der Waals surface area contributed by atoms with Gasteiger partial charge in [-0.2, -0.15) is 0 Å². The fourth-order valence-electron chi connectivity index (χ4n) is 4.52. The van der Waals surface area contributed by atoms with Crippen LogP contribution in [0.2, 0.25) is 0 Å². The van der Waals surface area contributed by atoms with E-state index >= 15 is 0 Å². The van der Waals surface area contributed by atoms with Crippen LogP contribution in [-0.4, -0.2) is 65.9 Å². The Labute approximate surface area is 184 Å². The van der Waals surface area contributed by atoms with Crippen LogP contribution in [0.15, 0.2) is 24.3 Å². The maximum absolute atomic E-state index is 13.0. The van der Waals surface area contributed by atoms with Crippen molar-refractivity contribution in [1.29, 1.82) is 0 Å². The molecule has 1 aliphatic carbocycles. The summed E-state index contributed by atoms with van der Waals surface area (Å²) in [5.74, 6) is 1.26. The second-order valence-corrected chi connectivity index (χ2v) is 9.99. The number of amides is 2. The standard InChI is InChI=1S/C24H34N2O5/c1-23(2,3)31-22(28)25-13-9-18(10-14-25)20-16-26(21(27)24(30-20)11-12-24)15-17-5-7-19(29-4)8-6-17/h5-8,18,20H,9-16H2,1-4H3. The van der Waals surface area contributed by atoms with Gasteiger partial charge in [0.25, 0.3) is 5.91 Å². The molecule has 170 valence electrons. The van der Waals surface area contributed by atoms with Gasteiger partial charge in [0.05, 0.1) is 13.2 Å². The molecule has 2 heterocycles. The Balaban J connectivity index is 1.38. The first-order valence-electron chi connectivity index (χ1n) is 11.3. The predicted octanol–water partition coefficient (Wildman–Crippen LogP) is 3.60. The van der Waals surface area contributed by atoms with Gasteiger partial charge in [-0.15, -0.1) is 0 Å². The van der Waals surface area contributed by atoms with E-state index in [1.165, 1.54) is 0 Å². The first-order valence-corrected chi connectivity index (χ1v) is 11.3. The summed E-state index contributed by atoms with van der Waals surface area (Å²) < 4.78 is 17.1. The van der Waals surface area contributed by atoms with Gasteiger partial charge in [0.1, 0.15) is 17.0 Å². The lowest BCUT2D eigenvalue weighted by Crippen LogP contribution is -2.56. The van der Waals surface area contributed by atoms with E-state index < -0.39 is 11.2 Å². The molecule has 2 aliphatic heterocycles. The zero-order valence-corrected chi connectivity index (χ0v) is 19.1. The van der Waals surface area contributed by atoms with Crippen molar-refractivity contribution in [3.8, 4) is 5.75 Å². The summed E-state index contributed by atoms with van der Waals surface area (Å²) in [5.41, 5.74) is -0.0102. The molecule has 0 bridgehead atoms. The van der Waals surface area contributed by atoms with E-state index in [0.29, 0.717) is 32.1 Å². The first kappa shape index (κ1) is 21.9. The van der Waals surface area contributed by atoms with Crippen molar-refractivity contribution in [2.75, 3.05) is 26.7 Å². The zero-order valence-electron chi connectivity index (χ0n) is 19.1. The second-order valence-electron chi connectivity index (χ2n) is 9.99. The van der Waals surface area contributed by atoms with E-state index in [-0.39, 0.29) is 18.1 Å². The third-order valence-electron chi connectivity index (χ3n) is 6.41. The lowest BCUT2D eigenvalue weighted by atomic mass is 9.89. The Morgan fingerprint density at radius 2 is 1.81 bits per heavy atom. The van der Waals surface area contributed by atoms with Gasteiger partial charge >= 0.3 is 6.09 Å². The minimum atomic E-state index is -0.613. The number of nitrogens with zero attached hydrogens (tertiary/aromatic N) is 2. The highest BCUT2D eigenvalue weighted by Gasteiger charge is 2.58. The molecule has 7 heteroatoms. The number of likely N-dealkylation sites (tertiary alicyclic amines) is 1. The van der Waals surface area contributed by atoms with Crippen LogP contribution in [0.25, 0.3) is 0 Å². The van der Waals surface area contributed by atoms with E-state index in [9.17, 15) is 9.59 Å². The minimum absolute atomic E-state index is 0.0132. The molecule has 1 aromatic rings. The van der Waals surface area contributed by atoms with E-state index in [1.807, 2.05) is 49.9 Å². The van der Waals surface area contributed by atoms with Gasteiger partial charge in [-0.1, -0.05) is 12.1 Å². The maximum atomic E-state index is 13.0. The molecule has 31 heavy (non-hydrogen) atoms. The van der Waals surface area contributed by atoms with Crippen molar-refractivity contribution in [2.24, 2.45) is 5.92 Å². The van der Waals surface area contributed by atoms with Crippen molar-refractivity contribution in [3.63, 3.8) is 0 Å². The number of rotatable bonds is 4. The molecule has 1 atom stereocenters. The van der Waals surface area contributed by atoms with Crippen LogP contribution < -0.4 is 4.74 Å². The van der Waals surface area contributed by atoms with Gasteiger partial charge in [-0.25, -0.2) is 4.79 Å². The molecule has 0 aromatic heterocycles. The molecular weight excluding hydrogens is 396 g/mol. The Morgan fingerprint density at radius 1 is 1.16 bits per heavy atom. The summed E-state index contributed by atoms with van der Waals surface area (Å²) in [6.07, 6.45) is 3.11. The van der Waals surface area contributed by atoms with Gasteiger partial charge in [-0.3, -0.25) is 4.79 Å². The number of benzene rings is 1. The van der Waals surface area contributed by atoms with Gasteiger partial charge in [0.15, 0.2) is 0 Å². The molecule has 1 saturated carbocycles. The highest BCUT2D eigenvalue weighted by Crippen LogP contribution is 2.47. The molecule has 1 aromatic carbocycles. The summed E-state index contributed by atoms with van der Waals surface area (Å²) in [6, 6.07) is 7.87. The van der Waals surface area contributed by atoms with Crippen LogP contribution in [0.1, 0.15) is 52.0 Å². The van der Waals surface area contributed by atoms with E-state index in [1.54, 1.807) is 12.0 Å². The number of piperidine rings is 1. The molecule has 2 saturated heterocycles. The summed E-state index contributed by atoms with van der Waals surface area (Å²) in [5, 5.41) is 0. The summed E-state index contributed by atoms with van der Waals surface area (Å²) >= 11 is 0. The summed E-state index contributed by atoms with van der Waals surface area (Å²) in [7, 11) is 1.65. The quantitative estimate of drug-likeness (QED) is 0.730. The van der Waals surface area contributed by atoms with Crippen molar-refractivity contribution in [2.45, 2.75) is 70.3 Å². The Bertz CT molecular complexity index is 804. The highest BCUT2D eigenvalue weighted by molar-refractivity contribution is 5.89. The van der Waals surface area contributed by atoms with Crippen molar-refractivity contribution in [1.82, 2.24) is 9.80 Å². The minimum Gasteiger partial charge on any atom is -0.497 e. The summed E-state index contributed by atoms with van der Waals surface area (Å²) in [4.78, 5) is 29.2. The lowest BCUT2D eigenvalue weighted by molar-refractivity contribution is -0.175. The number of hydrogen-bond donors (Lipinski definition) is 0. The SMILES string of the molecule is COc1ccc(CN2CC(C3CCN(C(=O)OC(C)(C)C)CC3)OC3(CC3)C2=O)cc1. The van der Waals surface area contributed by atoms with Gasteiger partial charge in [0, 0.05) is 26.2 Å². The monoisotopic (exact) mass is 430 g/mol. The topological polar surface area (TPSA) is 68.3 Å². The number of ether oxygens (including phenoxy) is 3. The Hall–Kier alpha value is -2.28. The lowest BCUT2D eigenvalue weighted by Gasteiger charge is -2.43. The van der Waals surface area contributed by atoms with E-state index in [0.717, 1.165) is 37.0 Å². The van der Waals surface area contributed by atoms with Crippen LogP contribution in [-0.2, 0) is 20.8 Å². The molecular formula is C24H34N2O5. The van der Waals surface area contributed by atoms with Crippen LogP contribution in [0.3, 0.4) is 0 Å². The van der Waals surface area contributed by atoms with Gasteiger partial charge in [0.2, 0.25) is 0 Å². The van der Waals surface area contributed by atoms with Crippen LogP contribution in [0.4, 0.5) is 4.79 Å². The third kappa shape index (κ3) is 4.97. The van der Waals surface area contributed by atoms with Crippen LogP contribution >= 0.6 is 0 Å². The predicted molar refractivity (Wildman–Crippen MR) is 116 cm³/mol. The number of morpholine rings is 1. The van der Waals surface area contributed by atoms with E-state index in [2.05, 4.69) is 0 Å². The average molecular weight is 431 g/mol. The summed E-state index contributed by atoms with van der Waals surface area (Å²) in [6.45, 7) is 8.17. The van der Waals surface area contributed by atoms with Crippen LogP contribution in [0.5, 0.6) is 5.75 Å². The average Bonchev–Trinajstić information content (AvgIpc) is 3.51. The van der Waals surface area contributed by atoms with E-state index in [4.69, 9.17) is 14.2 Å². The third-order valence-corrected chi connectivity index (χ3v) is 6.41. The molecule has 2 amide bonds. The zero-order chi connectivity index (χ0) is 22.2. The smallest absolute Gasteiger partial charge is 0.410 e. The number of hydrogen-bond acceptors (Lipinski definition) is 5. The number of carbonyl (C=O) groups is 2. The highest BCUT2D eigenvalue weighted by atomic mass is 16.6. The number of carbonyl (C=O) groups excluding carboxylic acids is 2. The fourth-order valence-corrected chi connectivity index (χ4v) is 4.52. The largest absolute Gasteiger partial charge is 0.497 e. The van der Waals surface area contributed by atoms with Crippen molar-refractivity contribution < 1.29 is 23.8 Å². The second kappa shape index (κ2) is 8.34. The van der Waals surface area contributed by atoms with Crippen LogP contribution in [0, 0.1) is 5.92 Å². The Morgan fingerprint density at radius 3 is 2.35 bits per heavy atom. The molecule has 4 rings (SSSR count). The molecule has 0 radical (unpaired) electrons. The molecule has 1 unspecified atom stereocenters. The van der Waals surface area contributed by atoms with Gasteiger partial charge < -0.3 is 24.0 Å². The van der Waals surface area contributed by atoms with Crippen molar-refractivity contribution >= 4 is 12.0 Å². The fraction of sp³-hybridized carbons (Fsp3) is 0.667. The van der Waals surface area contributed by atoms with Gasteiger partial charge in [-0.05, 0) is 70.1 Å². The van der Waals surface area contributed by atoms with Crippen molar-refractivity contribution in [3.05, 3.63) is 29.8 Å². The first-order chi connectivity index (χ1) is 14.7.